The zero-order chi connectivity index (χ0) is 10.7. The third-order valence-electron chi connectivity index (χ3n) is 1.61. The molecule has 0 amide bonds. The van der Waals surface area contributed by atoms with Crippen molar-refractivity contribution in [2.75, 3.05) is 5.73 Å². The molecule has 3 nitrogen and oxygen atoms in total. The van der Waals surface area contributed by atoms with E-state index in [1.807, 2.05) is 0 Å². The third kappa shape index (κ3) is 1.99. The Bertz CT molecular complexity index is 387. The van der Waals surface area contributed by atoms with Gasteiger partial charge in [-0.25, -0.2) is 13.8 Å². The summed E-state index contributed by atoms with van der Waals surface area (Å²) in [5.41, 5.74) is 5.09. The van der Waals surface area contributed by atoms with Crippen LogP contribution in [0.25, 0.3) is 0 Å². The molecular weight excluding hydrogens is 256 g/mol. The Labute approximate surface area is 87.7 Å². The van der Waals surface area contributed by atoms with Crippen molar-refractivity contribution in [3.63, 3.8) is 0 Å². The molecule has 0 aliphatic rings. The van der Waals surface area contributed by atoms with Crippen molar-refractivity contribution >= 4 is 21.7 Å². The molecule has 6 heteroatoms. The second-order valence-corrected chi connectivity index (χ2v) is 3.07. The van der Waals surface area contributed by atoms with E-state index in [0.29, 0.717) is 10.9 Å². The molecule has 0 aliphatic heterocycles. The zero-order valence-corrected chi connectivity index (χ0v) is 8.55. The van der Waals surface area contributed by atoms with Crippen LogP contribution < -0.4 is 5.73 Å². The summed E-state index contributed by atoms with van der Waals surface area (Å²) in [7, 11) is 0. The van der Waals surface area contributed by atoms with E-state index in [1.54, 1.807) is 6.07 Å². The highest BCUT2D eigenvalue weighted by Gasteiger charge is 2.18. The van der Waals surface area contributed by atoms with E-state index in [4.69, 9.17) is 11.0 Å². The van der Waals surface area contributed by atoms with Gasteiger partial charge in [0.15, 0.2) is 0 Å². The predicted octanol–water partition coefficient (Wildman–Crippen LogP) is 2.37. The number of aromatic nitrogens is 1. The summed E-state index contributed by atoms with van der Waals surface area (Å²) in [5, 5.41) is 8.98. The fourth-order valence-electron chi connectivity index (χ4n) is 1.03. The summed E-state index contributed by atoms with van der Waals surface area (Å²) < 4.78 is 24.9. The lowest BCUT2D eigenvalue weighted by atomic mass is 10.1. The van der Waals surface area contributed by atoms with Crippen LogP contribution in [0.5, 0.6) is 0 Å². The van der Waals surface area contributed by atoms with Crippen LogP contribution in [0, 0.1) is 11.3 Å². The molecule has 0 aliphatic carbocycles. The van der Waals surface area contributed by atoms with Crippen LogP contribution >= 0.6 is 15.9 Å². The number of hydrogen-bond acceptors (Lipinski definition) is 3. The quantitative estimate of drug-likeness (QED) is 0.832. The topological polar surface area (TPSA) is 62.7 Å². The molecule has 1 heterocycles. The van der Waals surface area contributed by atoms with Crippen molar-refractivity contribution in [2.24, 2.45) is 0 Å². The lowest BCUT2D eigenvalue weighted by molar-refractivity contribution is 0.146. The molecular formula is C8H6BrF2N3. The van der Waals surface area contributed by atoms with Gasteiger partial charge in [0.05, 0.1) is 5.56 Å². The molecule has 0 spiro atoms. The first-order valence-corrected chi connectivity index (χ1v) is 4.75. The predicted molar refractivity (Wildman–Crippen MR) is 51.0 cm³/mol. The van der Waals surface area contributed by atoms with Crippen LogP contribution in [0.2, 0.25) is 0 Å². The number of nitrogens with zero attached hydrogens (tertiary/aromatic N) is 2. The molecule has 0 saturated carbocycles. The van der Waals surface area contributed by atoms with Crippen LogP contribution in [-0.4, -0.2) is 4.98 Å². The Morgan fingerprint density at radius 2 is 2.29 bits per heavy atom. The summed E-state index contributed by atoms with van der Waals surface area (Å²) in [4.78, 5) is 3.44. The minimum Gasteiger partial charge on any atom is -0.384 e. The average Bonchev–Trinajstić information content (AvgIpc) is 2.16. The summed E-state index contributed by atoms with van der Waals surface area (Å²) in [5.74, 6) is -0.00579. The summed E-state index contributed by atoms with van der Waals surface area (Å²) in [6.45, 7) is 0. The van der Waals surface area contributed by atoms with E-state index in [1.165, 1.54) is 6.07 Å². The van der Waals surface area contributed by atoms with Gasteiger partial charge in [0, 0.05) is 5.33 Å². The fourth-order valence-corrected chi connectivity index (χ4v) is 1.48. The van der Waals surface area contributed by atoms with Crippen molar-refractivity contribution in [1.82, 2.24) is 4.98 Å². The van der Waals surface area contributed by atoms with Crippen molar-refractivity contribution in [3.8, 4) is 6.07 Å². The van der Waals surface area contributed by atoms with Gasteiger partial charge in [-0.15, -0.1) is 0 Å². The first-order valence-electron chi connectivity index (χ1n) is 3.63. The van der Waals surface area contributed by atoms with Crippen LogP contribution in [0.4, 0.5) is 14.6 Å². The van der Waals surface area contributed by atoms with Crippen LogP contribution in [-0.2, 0) is 5.33 Å². The monoisotopic (exact) mass is 261 g/mol. The molecule has 1 aromatic heterocycles. The van der Waals surface area contributed by atoms with Gasteiger partial charge in [-0.3, -0.25) is 0 Å². The number of rotatable bonds is 2. The first-order chi connectivity index (χ1) is 6.60. The number of hydrogen-bond donors (Lipinski definition) is 1. The van der Waals surface area contributed by atoms with Crippen molar-refractivity contribution in [2.45, 2.75) is 11.8 Å². The van der Waals surface area contributed by atoms with E-state index in [9.17, 15) is 8.78 Å². The summed E-state index contributed by atoms with van der Waals surface area (Å²) >= 11 is 3.09. The molecule has 0 unspecified atom stereocenters. The average molecular weight is 262 g/mol. The van der Waals surface area contributed by atoms with Gasteiger partial charge >= 0.3 is 0 Å². The second kappa shape index (κ2) is 4.33. The van der Waals surface area contributed by atoms with Gasteiger partial charge in [-0.1, -0.05) is 15.9 Å². The Morgan fingerprint density at radius 3 is 2.71 bits per heavy atom. The lowest BCUT2D eigenvalue weighted by Crippen LogP contribution is -2.03. The Morgan fingerprint density at radius 1 is 1.64 bits per heavy atom. The number of nitrogens with two attached hydrogens (primary N) is 1. The number of alkyl halides is 3. The molecule has 0 bridgehead atoms. The lowest BCUT2D eigenvalue weighted by Gasteiger charge is -2.06. The normalized spacial score (nSPS) is 10.2. The number of nitrogen functional groups attached to an aromatic ring is 1. The van der Waals surface area contributed by atoms with Gasteiger partial charge in [-0.2, -0.15) is 5.26 Å². The van der Waals surface area contributed by atoms with Crippen LogP contribution in [0.3, 0.4) is 0 Å². The maximum absolute atomic E-state index is 12.4. The van der Waals surface area contributed by atoms with Gasteiger partial charge < -0.3 is 5.73 Å². The van der Waals surface area contributed by atoms with Crippen LogP contribution in [0.15, 0.2) is 6.07 Å². The molecule has 1 aromatic rings. The van der Waals surface area contributed by atoms with Gasteiger partial charge in [0.2, 0.25) is 0 Å². The zero-order valence-electron chi connectivity index (χ0n) is 6.97. The molecule has 0 radical (unpaired) electrons. The SMILES string of the molecule is N#Cc1c(CBr)cc(N)nc1C(F)F. The fraction of sp³-hybridized carbons (Fsp3) is 0.250. The highest BCUT2D eigenvalue weighted by molar-refractivity contribution is 9.08. The molecule has 2 N–H and O–H groups in total. The van der Waals surface area contributed by atoms with E-state index >= 15 is 0 Å². The van der Waals surface area contributed by atoms with Crippen molar-refractivity contribution in [3.05, 3.63) is 22.9 Å². The minimum absolute atomic E-state index is 0.00579. The molecule has 0 atom stereocenters. The Hall–Kier alpha value is -1.22. The molecule has 0 aromatic carbocycles. The van der Waals surface area contributed by atoms with E-state index in [0.717, 1.165) is 0 Å². The van der Waals surface area contributed by atoms with Gasteiger partial charge in [-0.05, 0) is 11.6 Å². The molecule has 14 heavy (non-hydrogen) atoms. The number of pyridine rings is 1. The summed E-state index contributed by atoms with van der Waals surface area (Å²) in [6, 6.07) is 3.10. The standard InChI is InChI=1S/C8H6BrF2N3/c9-2-4-1-6(13)14-7(8(10)11)5(4)3-12/h1,8H,2H2,(H2,13,14). The third-order valence-corrected chi connectivity index (χ3v) is 2.22. The molecule has 0 fully saturated rings. The number of anilines is 1. The van der Waals surface area contributed by atoms with Crippen molar-refractivity contribution in [1.29, 1.82) is 5.26 Å². The smallest absolute Gasteiger partial charge is 0.281 e. The Kier molecular flexibility index (Phi) is 3.36. The highest BCUT2D eigenvalue weighted by atomic mass is 79.9. The minimum atomic E-state index is -2.79. The number of halogens is 3. The second-order valence-electron chi connectivity index (χ2n) is 2.51. The van der Waals surface area contributed by atoms with E-state index in [2.05, 4.69) is 20.9 Å². The van der Waals surface area contributed by atoms with Gasteiger partial charge in [0.25, 0.3) is 6.43 Å². The Balaban J connectivity index is 3.41. The highest BCUT2D eigenvalue weighted by Crippen LogP contribution is 2.25. The molecule has 0 saturated heterocycles. The molecule has 74 valence electrons. The maximum Gasteiger partial charge on any atom is 0.281 e. The molecule has 1 rings (SSSR count). The van der Waals surface area contributed by atoms with Crippen LogP contribution in [0.1, 0.15) is 23.2 Å². The first kappa shape index (κ1) is 10.9. The largest absolute Gasteiger partial charge is 0.384 e. The van der Waals surface area contributed by atoms with E-state index < -0.39 is 12.1 Å². The van der Waals surface area contributed by atoms with E-state index in [-0.39, 0.29) is 11.4 Å². The maximum atomic E-state index is 12.4. The van der Waals surface area contributed by atoms with Crippen molar-refractivity contribution < 1.29 is 8.78 Å². The van der Waals surface area contributed by atoms with Gasteiger partial charge in [0.1, 0.15) is 17.6 Å². The summed E-state index contributed by atoms with van der Waals surface area (Å²) in [6.07, 6.45) is -2.79. The number of nitriles is 1.